The predicted molar refractivity (Wildman–Crippen MR) is 109 cm³/mol. The number of amides is 2. The summed E-state index contributed by atoms with van der Waals surface area (Å²) in [5, 5.41) is 8.99. The molecule has 0 radical (unpaired) electrons. The van der Waals surface area contributed by atoms with Crippen LogP contribution in [0.15, 0.2) is 47.6 Å². The van der Waals surface area contributed by atoms with E-state index in [1.165, 1.54) is 38.4 Å². The highest BCUT2D eigenvalue weighted by molar-refractivity contribution is 6.12. The molecule has 0 bridgehead atoms. The van der Waals surface area contributed by atoms with E-state index in [2.05, 4.69) is 25.4 Å². The third-order valence-corrected chi connectivity index (χ3v) is 4.01. The first-order chi connectivity index (χ1) is 14.4. The van der Waals surface area contributed by atoms with E-state index in [1.54, 1.807) is 26.0 Å². The number of carbonyl (C=O) groups excluding carboxylic acids is 2. The molecule has 0 aromatic heterocycles. The predicted octanol–water partition coefficient (Wildman–Crippen LogP) is 4.29. The maximum Gasteiger partial charge on any atom is 0.573 e. The minimum absolute atomic E-state index is 0.0921. The molecule has 0 spiro atoms. The van der Waals surface area contributed by atoms with E-state index in [1.807, 2.05) is 0 Å². The monoisotopic (exact) mass is 437 g/mol. The van der Waals surface area contributed by atoms with E-state index in [-0.39, 0.29) is 16.8 Å². The number of benzene rings is 2. The second-order valence-electron chi connectivity index (χ2n) is 7.12. The smallest absolute Gasteiger partial charge is 0.406 e. The fraction of sp³-hybridized carbons (Fsp3) is 0.286. The van der Waals surface area contributed by atoms with Crippen LogP contribution in [0, 0.1) is 6.92 Å². The second kappa shape index (κ2) is 9.50. The maximum atomic E-state index is 12.8. The Kier molecular flexibility index (Phi) is 7.27. The Morgan fingerprint density at radius 1 is 1.03 bits per heavy atom. The Hall–Kier alpha value is -3.56. The zero-order valence-electron chi connectivity index (χ0n) is 17.3. The highest BCUT2D eigenvalue weighted by atomic mass is 19.4. The topological polar surface area (TPSA) is 89.0 Å². The molecule has 0 heterocycles. The number of hydrogen-bond donors (Lipinski definition) is 2. The Balaban J connectivity index is 2.22. The second-order valence-corrected chi connectivity index (χ2v) is 7.12. The van der Waals surface area contributed by atoms with Gasteiger partial charge in [-0.1, -0.05) is 17.3 Å². The summed E-state index contributed by atoms with van der Waals surface area (Å²) < 4.78 is 41.0. The number of nitrogens with zero attached hydrogens (tertiary/aromatic N) is 1. The Morgan fingerprint density at radius 2 is 1.65 bits per heavy atom. The average Bonchev–Trinajstić information content (AvgIpc) is 2.67. The summed E-state index contributed by atoms with van der Waals surface area (Å²) >= 11 is 0. The summed E-state index contributed by atoms with van der Waals surface area (Å²) in [5.74, 6) is -1.51. The molecule has 0 atom stereocenters. The van der Waals surface area contributed by atoms with Crippen molar-refractivity contribution in [3.05, 3.63) is 59.2 Å². The zero-order chi connectivity index (χ0) is 23.2. The van der Waals surface area contributed by atoms with Crippen LogP contribution in [0.4, 0.5) is 18.9 Å². The standard InChI is InChI=1S/C21H22F3N3O4/c1-13-11-14(31-21(22,23)24)9-10-17(13)26-18(28)15-7-5-6-8-16(15)19(29)27-20(2,3)12-25-30-4/h5-12H,1-4H3,(H,26,28)(H,27,29)/b25-12+. The molecule has 0 saturated carbocycles. The lowest BCUT2D eigenvalue weighted by molar-refractivity contribution is -0.274. The van der Waals surface area contributed by atoms with Crippen LogP contribution in [0.3, 0.4) is 0 Å². The summed E-state index contributed by atoms with van der Waals surface area (Å²) in [5.41, 5.74) is 0.000927. The van der Waals surface area contributed by atoms with Crippen molar-refractivity contribution in [1.29, 1.82) is 0 Å². The molecule has 0 aliphatic carbocycles. The van der Waals surface area contributed by atoms with Gasteiger partial charge in [-0.2, -0.15) is 0 Å². The first-order valence-corrected chi connectivity index (χ1v) is 9.09. The molecule has 2 aromatic carbocycles. The quantitative estimate of drug-likeness (QED) is 0.500. The summed E-state index contributed by atoms with van der Waals surface area (Å²) in [6.07, 6.45) is -3.41. The van der Waals surface area contributed by atoms with Crippen molar-refractivity contribution in [2.75, 3.05) is 12.4 Å². The number of ether oxygens (including phenoxy) is 1. The van der Waals surface area contributed by atoms with E-state index in [0.717, 1.165) is 12.1 Å². The van der Waals surface area contributed by atoms with Crippen LogP contribution < -0.4 is 15.4 Å². The first kappa shape index (κ1) is 23.7. The number of oxime groups is 1. The number of carbonyl (C=O) groups is 2. The van der Waals surface area contributed by atoms with Gasteiger partial charge in [0, 0.05) is 5.69 Å². The molecular formula is C21H22F3N3O4. The first-order valence-electron chi connectivity index (χ1n) is 9.09. The molecule has 166 valence electrons. The molecule has 2 rings (SSSR count). The molecular weight excluding hydrogens is 415 g/mol. The molecule has 31 heavy (non-hydrogen) atoms. The minimum Gasteiger partial charge on any atom is -0.406 e. The van der Waals surface area contributed by atoms with Crippen LogP contribution in [0.2, 0.25) is 0 Å². The van der Waals surface area contributed by atoms with Crippen molar-refractivity contribution < 1.29 is 32.3 Å². The lowest BCUT2D eigenvalue weighted by Gasteiger charge is -2.21. The highest BCUT2D eigenvalue weighted by Gasteiger charge is 2.31. The van der Waals surface area contributed by atoms with E-state index in [9.17, 15) is 22.8 Å². The number of halogens is 3. The largest absolute Gasteiger partial charge is 0.573 e. The summed E-state index contributed by atoms with van der Waals surface area (Å²) in [6.45, 7) is 4.92. The molecule has 10 heteroatoms. The fourth-order valence-corrected chi connectivity index (χ4v) is 2.62. The van der Waals surface area contributed by atoms with Crippen LogP contribution >= 0.6 is 0 Å². The van der Waals surface area contributed by atoms with Gasteiger partial charge in [0.2, 0.25) is 0 Å². The van der Waals surface area contributed by atoms with Crippen LogP contribution in [0.5, 0.6) is 5.75 Å². The molecule has 0 aliphatic rings. The lowest BCUT2D eigenvalue weighted by Crippen LogP contribution is -2.45. The molecule has 2 aromatic rings. The zero-order valence-corrected chi connectivity index (χ0v) is 17.3. The molecule has 0 saturated heterocycles. The Morgan fingerprint density at radius 3 is 2.19 bits per heavy atom. The van der Waals surface area contributed by atoms with Gasteiger partial charge in [0.05, 0.1) is 22.9 Å². The molecule has 0 aliphatic heterocycles. The molecule has 0 unspecified atom stereocenters. The molecule has 2 N–H and O–H groups in total. The highest BCUT2D eigenvalue weighted by Crippen LogP contribution is 2.27. The van der Waals surface area contributed by atoms with Gasteiger partial charge in [-0.05, 0) is 56.7 Å². The van der Waals surface area contributed by atoms with Crippen molar-refractivity contribution in [2.45, 2.75) is 32.7 Å². The van der Waals surface area contributed by atoms with Crippen molar-refractivity contribution >= 4 is 23.7 Å². The van der Waals surface area contributed by atoms with Gasteiger partial charge in [0.1, 0.15) is 12.9 Å². The lowest BCUT2D eigenvalue weighted by atomic mass is 10.0. The summed E-state index contributed by atoms with van der Waals surface area (Å²) in [6, 6.07) is 9.69. The SMILES string of the molecule is CO/N=C/C(C)(C)NC(=O)c1ccccc1C(=O)Nc1ccc(OC(F)(F)F)cc1C. The minimum atomic E-state index is -4.81. The number of rotatable bonds is 7. The average molecular weight is 437 g/mol. The van der Waals surface area contributed by atoms with Crippen molar-refractivity contribution in [2.24, 2.45) is 5.16 Å². The Bertz CT molecular complexity index is 988. The number of hydrogen-bond acceptors (Lipinski definition) is 5. The Labute approximate surface area is 177 Å². The molecule has 7 nitrogen and oxygen atoms in total. The van der Waals surface area contributed by atoms with Crippen LogP contribution in [-0.2, 0) is 4.84 Å². The van der Waals surface area contributed by atoms with Gasteiger partial charge in [0.15, 0.2) is 0 Å². The summed E-state index contributed by atoms with van der Waals surface area (Å²) in [4.78, 5) is 30.1. The number of nitrogens with one attached hydrogen (secondary N) is 2. The van der Waals surface area contributed by atoms with Crippen molar-refractivity contribution in [1.82, 2.24) is 5.32 Å². The van der Waals surface area contributed by atoms with Gasteiger partial charge in [-0.25, -0.2) is 0 Å². The van der Waals surface area contributed by atoms with Crippen LogP contribution in [0.25, 0.3) is 0 Å². The van der Waals surface area contributed by atoms with Gasteiger partial charge >= 0.3 is 6.36 Å². The normalized spacial score (nSPS) is 11.8. The van der Waals surface area contributed by atoms with Gasteiger partial charge in [0.25, 0.3) is 11.8 Å². The van der Waals surface area contributed by atoms with Crippen LogP contribution in [-0.4, -0.2) is 37.0 Å². The third-order valence-electron chi connectivity index (χ3n) is 4.01. The fourth-order valence-electron chi connectivity index (χ4n) is 2.62. The van der Waals surface area contributed by atoms with E-state index >= 15 is 0 Å². The van der Waals surface area contributed by atoms with Gasteiger partial charge in [-0.15, -0.1) is 13.2 Å². The third kappa shape index (κ3) is 7.02. The van der Waals surface area contributed by atoms with E-state index < -0.39 is 29.5 Å². The number of alkyl halides is 3. The number of aryl methyl sites for hydroxylation is 1. The van der Waals surface area contributed by atoms with Gasteiger partial charge in [-0.3, -0.25) is 9.59 Å². The van der Waals surface area contributed by atoms with Crippen molar-refractivity contribution in [3.8, 4) is 5.75 Å². The summed E-state index contributed by atoms with van der Waals surface area (Å²) in [7, 11) is 1.37. The molecule has 2 amide bonds. The molecule has 0 fully saturated rings. The number of anilines is 1. The maximum absolute atomic E-state index is 12.8. The van der Waals surface area contributed by atoms with Crippen molar-refractivity contribution in [3.63, 3.8) is 0 Å². The van der Waals surface area contributed by atoms with Crippen LogP contribution in [0.1, 0.15) is 40.1 Å². The van der Waals surface area contributed by atoms with E-state index in [0.29, 0.717) is 5.56 Å². The van der Waals surface area contributed by atoms with Gasteiger partial charge < -0.3 is 20.2 Å². The van der Waals surface area contributed by atoms with E-state index in [4.69, 9.17) is 0 Å².